The van der Waals surface area contributed by atoms with Crippen molar-refractivity contribution in [1.82, 2.24) is 5.06 Å². The van der Waals surface area contributed by atoms with E-state index in [1.165, 1.54) is 5.56 Å². The van der Waals surface area contributed by atoms with Gasteiger partial charge in [0.25, 0.3) is 0 Å². The highest BCUT2D eigenvalue weighted by molar-refractivity contribution is 5.74. The van der Waals surface area contributed by atoms with E-state index in [9.17, 15) is 4.79 Å². The van der Waals surface area contributed by atoms with Crippen molar-refractivity contribution >= 4 is 5.97 Å². The molecule has 1 aromatic rings. The van der Waals surface area contributed by atoms with E-state index in [0.717, 1.165) is 32.1 Å². The summed E-state index contributed by atoms with van der Waals surface area (Å²) in [5, 5.41) is 1.90. The Kier molecular flexibility index (Phi) is 5.60. The third kappa shape index (κ3) is 3.60. The van der Waals surface area contributed by atoms with Gasteiger partial charge in [-0.05, 0) is 18.4 Å². The SMILES string of the molecule is CCCCC1C(=O)ON(Cc2ccccc2)C1CCC. The van der Waals surface area contributed by atoms with Crippen molar-refractivity contribution in [2.75, 3.05) is 0 Å². The number of hydrogen-bond donors (Lipinski definition) is 0. The average Bonchev–Trinajstić information content (AvgIpc) is 2.74. The molecule has 2 rings (SSSR count). The van der Waals surface area contributed by atoms with Gasteiger partial charge < -0.3 is 4.84 Å². The van der Waals surface area contributed by atoms with Crippen LogP contribution in [-0.2, 0) is 16.2 Å². The molecule has 3 heteroatoms. The third-order valence-electron chi connectivity index (χ3n) is 3.98. The Labute approximate surface area is 121 Å². The van der Waals surface area contributed by atoms with Crippen LogP contribution in [0.3, 0.4) is 0 Å². The number of rotatable bonds is 7. The second-order valence-electron chi connectivity index (χ2n) is 5.58. The van der Waals surface area contributed by atoms with Crippen molar-refractivity contribution in [3.05, 3.63) is 35.9 Å². The summed E-state index contributed by atoms with van der Waals surface area (Å²) in [7, 11) is 0. The first-order valence-corrected chi connectivity index (χ1v) is 7.78. The van der Waals surface area contributed by atoms with Crippen molar-refractivity contribution in [3.8, 4) is 0 Å². The largest absolute Gasteiger partial charge is 0.367 e. The fourth-order valence-corrected chi connectivity index (χ4v) is 2.90. The van der Waals surface area contributed by atoms with Crippen LogP contribution in [0.4, 0.5) is 0 Å². The highest BCUT2D eigenvalue weighted by Gasteiger charge is 2.41. The normalized spacial score (nSPS) is 23.0. The minimum absolute atomic E-state index is 0.0344. The molecule has 0 radical (unpaired) electrons. The molecule has 1 heterocycles. The summed E-state index contributed by atoms with van der Waals surface area (Å²) >= 11 is 0. The number of hydrogen-bond acceptors (Lipinski definition) is 3. The van der Waals surface area contributed by atoms with Gasteiger partial charge in [-0.15, -0.1) is 5.06 Å². The average molecular weight is 275 g/mol. The Balaban J connectivity index is 2.05. The lowest BCUT2D eigenvalue weighted by Gasteiger charge is -2.23. The van der Waals surface area contributed by atoms with Crippen molar-refractivity contribution in [2.45, 2.75) is 58.5 Å². The Morgan fingerprint density at radius 1 is 1.10 bits per heavy atom. The zero-order valence-corrected chi connectivity index (χ0v) is 12.5. The number of hydroxylamine groups is 2. The van der Waals surface area contributed by atoms with Crippen molar-refractivity contribution in [1.29, 1.82) is 0 Å². The lowest BCUT2D eigenvalue weighted by molar-refractivity contribution is -0.178. The van der Waals surface area contributed by atoms with Gasteiger partial charge in [-0.25, -0.2) is 4.79 Å². The van der Waals surface area contributed by atoms with Crippen molar-refractivity contribution in [3.63, 3.8) is 0 Å². The summed E-state index contributed by atoms with van der Waals surface area (Å²) in [5.74, 6) is 0.0199. The van der Waals surface area contributed by atoms with Gasteiger partial charge in [-0.3, -0.25) is 0 Å². The standard InChI is InChI=1S/C17H25NO2/c1-3-5-12-15-16(9-4-2)18(20-17(15)19)13-14-10-7-6-8-11-14/h6-8,10-11,15-16H,3-5,9,12-13H2,1-2H3. The molecule has 0 amide bonds. The third-order valence-corrected chi connectivity index (χ3v) is 3.98. The van der Waals surface area contributed by atoms with Crippen LogP contribution in [0.15, 0.2) is 30.3 Å². The molecule has 0 aromatic heterocycles. The molecule has 0 saturated carbocycles. The molecule has 1 aliphatic heterocycles. The van der Waals surface area contributed by atoms with Crippen LogP contribution in [0.5, 0.6) is 0 Å². The first kappa shape index (κ1) is 15.0. The first-order valence-electron chi connectivity index (χ1n) is 7.78. The van der Waals surface area contributed by atoms with Gasteiger partial charge in [0.1, 0.15) is 0 Å². The molecule has 0 aliphatic carbocycles. The number of unbranched alkanes of at least 4 members (excludes halogenated alkanes) is 1. The second kappa shape index (κ2) is 7.44. The molecule has 0 spiro atoms. The molecule has 20 heavy (non-hydrogen) atoms. The summed E-state index contributed by atoms with van der Waals surface area (Å²) < 4.78 is 0. The number of nitrogens with zero attached hydrogens (tertiary/aromatic N) is 1. The maximum Gasteiger partial charge on any atom is 0.329 e. The Hall–Kier alpha value is -1.35. The van der Waals surface area contributed by atoms with Crippen LogP contribution in [0.1, 0.15) is 51.5 Å². The fourth-order valence-electron chi connectivity index (χ4n) is 2.90. The Morgan fingerprint density at radius 2 is 1.85 bits per heavy atom. The molecule has 1 fully saturated rings. The highest BCUT2D eigenvalue weighted by atomic mass is 16.7. The maximum absolute atomic E-state index is 12.1. The Bertz CT molecular complexity index is 418. The molecule has 2 atom stereocenters. The van der Waals surface area contributed by atoms with Crippen molar-refractivity contribution < 1.29 is 9.63 Å². The van der Waals surface area contributed by atoms with Gasteiger partial charge in [-0.2, -0.15) is 0 Å². The molecule has 0 bridgehead atoms. The van der Waals surface area contributed by atoms with E-state index < -0.39 is 0 Å². The van der Waals surface area contributed by atoms with Crippen LogP contribution in [0, 0.1) is 5.92 Å². The fraction of sp³-hybridized carbons (Fsp3) is 0.588. The van der Waals surface area contributed by atoms with E-state index in [2.05, 4.69) is 26.0 Å². The smallest absolute Gasteiger partial charge is 0.329 e. The van der Waals surface area contributed by atoms with E-state index in [4.69, 9.17) is 4.84 Å². The topological polar surface area (TPSA) is 29.5 Å². The lowest BCUT2D eigenvalue weighted by atomic mass is 9.91. The summed E-state index contributed by atoms with van der Waals surface area (Å²) in [5.41, 5.74) is 1.19. The summed E-state index contributed by atoms with van der Waals surface area (Å²) in [6, 6.07) is 10.5. The first-order chi connectivity index (χ1) is 9.76. The second-order valence-corrected chi connectivity index (χ2v) is 5.58. The molecule has 1 aliphatic rings. The maximum atomic E-state index is 12.1. The lowest BCUT2D eigenvalue weighted by Crippen LogP contribution is -2.31. The van der Waals surface area contributed by atoms with Gasteiger partial charge in [0, 0.05) is 0 Å². The van der Waals surface area contributed by atoms with Crippen molar-refractivity contribution in [2.24, 2.45) is 5.92 Å². The van der Waals surface area contributed by atoms with E-state index >= 15 is 0 Å². The van der Waals surface area contributed by atoms with Crippen LogP contribution >= 0.6 is 0 Å². The van der Waals surface area contributed by atoms with Crippen LogP contribution < -0.4 is 0 Å². The predicted molar refractivity (Wildman–Crippen MR) is 79.8 cm³/mol. The monoisotopic (exact) mass is 275 g/mol. The van der Waals surface area contributed by atoms with E-state index in [1.807, 2.05) is 23.3 Å². The van der Waals surface area contributed by atoms with Gasteiger partial charge in [-0.1, -0.05) is 63.4 Å². The Morgan fingerprint density at radius 3 is 2.50 bits per heavy atom. The zero-order chi connectivity index (χ0) is 14.4. The molecular weight excluding hydrogens is 250 g/mol. The summed E-state index contributed by atoms with van der Waals surface area (Å²) in [4.78, 5) is 17.6. The number of carbonyl (C=O) groups excluding carboxylic acids is 1. The van der Waals surface area contributed by atoms with Crippen LogP contribution in [0.2, 0.25) is 0 Å². The highest BCUT2D eigenvalue weighted by Crippen LogP contribution is 2.31. The quantitative estimate of drug-likeness (QED) is 0.755. The number of benzene rings is 1. The predicted octanol–water partition coefficient (Wildman–Crippen LogP) is 3.94. The van der Waals surface area contributed by atoms with E-state index in [-0.39, 0.29) is 17.9 Å². The van der Waals surface area contributed by atoms with Gasteiger partial charge in [0.15, 0.2) is 0 Å². The van der Waals surface area contributed by atoms with Gasteiger partial charge >= 0.3 is 5.97 Å². The zero-order valence-electron chi connectivity index (χ0n) is 12.5. The summed E-state index contributed by atoms with van der Waals surface area (Å²) in [6.45, 7) is 5.02. The molecule has 1 saturated heterocycles. The number of carbonyl (C=O) groups is 1. The van der Waals surface area contributed by atoms with Crippen LogP contribution in [0.25, 0.3) is 0 Å². The minimum atomic E-state index is -0.0344. The molecule has 110 valence electrons. The van der Waals surface area contributed by atoms with E-state index in [1.54, 1.807) is 0 Å². The molecule has 1 aromatic carbocycles. The molecule has 0 N–H and O–H groups in total. The van der Waals surface area contributed by atoms with Gasteiger partial charge in [0.2, 0.25) is 0 Å². The van der Waals surface area contributed by atoms with Gasteiger partial charge in [0.05, 0.1) is 18.5 Å². The molecule has 2 unspecified atom stereocenters. The molecular formula is C17H25NO2. The van der Waals surface area contributed by atoms with E-state index in [0.29, 0.717) is 6.54 Å². The summed E-state index contributed by atoms with van der Waals surface area (Å²) in [6.07, 6.45) is 5.27. The van der Waals surface area contributed by atoms with Crippen LogP contribution in [-0.4, -0.2) is 17.1 Å². The minimum Gasteiger partial charge on any atom is -0.367 e. The molecule has 3 nitrogen and oxygen atoms in total.